The number of hydrogen-bond acceptors (Lipinski definition) is 2. The number of nitrogens with zero attached hydrogens (tertiary/aromatic N) is 1. The molecule has 112 valence electrons. The molecule has 21 heavy (non-hydrogen) atoms. The van der Waals surface area contributed by atoms with Gasteiger partial charge in [0.05, 0.1) is 6.04 Å². The zero-order valence-corrected chi connectivity index (χ0v) is 14.5. The molecule has 2 N–H and O–H groups in total. The van der Waals surface area contributed by atoms with Gasteiger partial charge in [-0.05, 0) is 50.1 Å². The molecule has 0 aliphatic heterocycles. The molecule has 2 atom stereocenters. The van der Waals surface area contributed by atoms with Crippen molar-refractivity contribution in [3.8, 4) is 0 Å². The van der Waals surface area contributed by atoms with Gasteiger partial charge in [0.1, 0.15) is 0 Å². The highest BCUT2D eigenvalue weighted by molar-refractivity contribution is 9.10. The van der Waals surface area contributed by atoms with E-state index in [0.717, 1.165) is 11.0 Å². The van der Waals surface area contributed by atoms with Gasteiger partial charge in [-0.15, -0.1) is 0 Å². The van der Waals surface area contributed by atoms with E-state index in [9.17, 15) is 0 Å². The first kappa shape index (κ1) is 16.1. The molecule has 0 spiro atoms. The van der Waals surface area contributed by atoms with Crippen molar-refractivity contribution in [2.24, 2.45) is 5.73 Å². The Hall–Kier alpha value is -1.32. The Morgan fingerprint density at radius 2 is 1.86 bits per heavy atom. The van der Waals surface area contributed by atoms with Crippen LogP contribution < -0.4 is 10.6 Å². The minimum absolute atomic E-state index is 0.0316. The molecule has 0 amide bonds. The summed E-state index contributed by atoms with van der Waals surface area (Å²) in [7, 11) is 0. The summed E-state index contributed by atoms with van der Waals surface area (Å²) < 4.78 is 1.11. The third-order valence-corrected chi connectivity index (χ3v) is 4.45. The van der Waals surface area contributed by atoms with Gasteiger partial charge in [0.25, 0.3) is 0 Å². The summed E-state index contributed by atoms with van der Waals surface area (Å²) in [6, 6.07) is 17.1. The van der Waals surface area contributed by atoms with Crippen molar-refractivity contribution >= 4 is 21.6 Å². The molecular weight excluding hydrogens is 324 g/mol. The van der Waals surface area contributed by atoms with Crippen LogP contribution in [0.1, 0.15) is 31.0 Å². The van der Waals surface area contributed by atoms with Gasteiger partial charge in [-0.25, -0.2) is 0 Å². The number of benzene rings is 2. The average molecular weight is 347 g/mol. The molecule has 0 aromatic heterocycles. The van der Waals surface area contributed by atoms with E-state index in [1.54, 1.807) is 0 Å². The van der Waals surface area contributed by atoms with E-state index in [1.807, 2.05) is 6.07 Å². The Morgan fingerprint density at radius 3 is 2.43 bits per heavy atom. The summed E-state index contributed by atoms with van der Waals surface area (Å²) in [4.78, 5) is 2.37. The molecule has 2 nitrogen and oxygen atoms in total. The van der Waals surface area contributed by atoms with Gasteiger partial charge in [0, 0.05) is 22.7 Å². The highest BCUT2D eigenvalue weighted by atomic mass is 79.9. The Balaban J connectivity index is 2.47. The van der Waals surface area contributed by atoms with Crippen LogP contribution in [-0.2, 0) is 0 Å². The average Bonchev–Trinajstić information content (AvgIpc) is 2.45. The summed E-state index contributed by atoms with van der Waals surface area (Å²) in [6.45, 7) is 7.28. The number of anilines is 1. The van der Waals surface area contributed by atoms with Crippen molar-refractivity contribution in [3.05, 3.63) is 64.1 Å². The maximum atomic E-state index is 6.33. The Kier molecular flexibility index (Phi) is 5.43. The molecular formula is C18H23BrN2. The van der Waals surface area contributed by atoms with E-state index < -0.39 is 0 Å². The van der Waals surface area contributed by atoms with Gasteiger partial charge >= 0.3 is 0 Å². The van der Waals surface area contributed by atoms with Crippen LogP contribution in [0, 0.1) is 6.92 Å². The highest BCUT2D eigenvalue weighted by Crippen LogP contribution is 2.33. The van der Waals surface area contributed by atoms with E-state index in [-0.39, 0.29) is 12.1 Å². The number of aryl methyl sites for hydroxylation is 1. The van der Waals surface area contributed by atoms with Crippen LogP contribution in [0.15, 0.2) is 53.0 Å². The Bertz CT molecular complexity index is 595. The van der Waals surface area contributed by atoms with Crippen LogP contribution in [0.5, 0.6) is 0 Å². The summed E-state index contributed by atoms with van der Waals surface area (Å²) in [6.07, 6.45) is 0. The first-order valence-electron chi connectivity index (χ1n) is 7.38. The van der Waals surface area contributed by atoms with Crippen LogP contribution in [0.3, 0.4) is 0 Å². The fourth-order valence-corrected chi connectivity index (χ4v) is 3.32. The molecule has 0 aliphatic rings. The second-order valence-electron chi connectivity index (χ2n) is 5.45. The quantitative estimate of drug-likeness (QED) is 0.851. The first-order valence-corrected chi connectivity index (χ1v) is 8.17. The monoisotopic (exact) mass is 346 g/mol. The lowest BCUT2D eigenvalue weighted by Crippen LogP contribution is -2.39. The fraction of sp³-hybridized carbons (Fsp3) is 0.333. The van der Waals surface area contributed by atoms with Crippen LogP contribution in [0.25, 0.3) is 0 Å². The molecule has 0 fully saturated rings. The smallest absolute Gasteiger partial charge is 0.0701 e. The largest absolute Gasteiger partial charge is 0.363 e. The Labute approximate surface area is 136 Å². The van der Waals surface area contributed by atoms with E-state index in [0.29, 0.717) is 0 Å². The molecule has 2 aromatic carbocycles. The van der Waals surface area contributed by atoms with Crippen molar-refractivity contribution < 1.29 is 0 Å². The van der Waals surface area contributed by atoms with Crippen LogP contribution in [0.2, 0.25) is 0 Å². The van der Waals surface area contributed by atoms with Crippen LogP contribution >= 0.6 is 15.9 Å². The third-order valence-electron chi connectivity index (χ3n) is 3.73. The summed E-state index contributed by atoms with van der Waals surface area (Å²) in [5.41, 5.74) is 10.0. The number of halogens is 1. The van der Waals surface area contributed by atoms with Crippen molar-refractivity contribution in [2.75, 3.05) is 11.4 Å². The topological polar surface area (TPSA) is 29.3 Å². The van der Waals surface area contributed by atoms with Crippen LogP contribution in [0.4, 0.5) is 5.69 Å². The first-order chi connectivity index (χ1) is 10.0. The molecule has 0 saturated heterocycles. The second kappa shape index (κ2) is 7.10. The normalized spacial score (nSPS) is 13.8. The minimum atomic E-state index is 0.0316. The van der Waals surface area contributed by atoms with Crippen molar-refractivity contribution in [2.45, 2.75) is 32.9 Å². The van der Waals surface area contributed by atoms with Gasteiger partial charge in [-0.1, -0.05) is 46.3 Å². The zero-order chi connectivity index (χ0) is 15.4. The van der Waals surface area contributed by atoms with Crippen molar-refractivity contribution in [3.63, 3.8) is 0 Å². The zero-order valence-electron chi connectivity index (χ0n) is 12.9. The summed E-state index contributed by atoms with van der Waals surface area (Å²) in [5.74, 6) is 0. The lowest BCUT2D eigenvalue weighted by atomic mass is 9.98. The van der Waals surface area contributed by atoms with E-state index in [1.165, 1.54) is 16.8 Å². The number of rotatable bonds is 5. The molecule has 0 radical (unpaired) electrons. The molecule has 3 heteroatoms. The lowest BCUT2D eigenvalue weighted by Gasteiger charge is -2.36. The molecule has 0 heterocycles. The highest BCUT2D eigenvalue weighted by Gasteiger charge is 2.25. The lowest BCUT2D eigenvalue weighted by molar-refractivity contribution is 0.536. The van der Waals surface area contributed by atoms with Gasteiger partial charge in [0.2, 0.25) is 0 Å². The third kappa shape index (κ3) is 3.66. The standard InChI is InChI=1S/C18H23BrN2/c1-4-21(15-9-7-8-13(2)12-15)18(14(3)20)16-10-5-6-11-17(16)19/h5-12,14,18H,4,20H2,1-3H3. The molecule has 0 saturated carbocycles. The van der Waals surface area contributed by atoms with Gasteiger partial charge < -0.3 is 10.6 Å². The number of hydrogen-bond donors (Lipinski definition) is 1. The summed E-state index contributed by atoms with van der Waals surface area (Å²) in [5, 5.41) is 0. The van der Waals surface area contributed by atoms with Crippen molar-refractivity contribution in [1.29, 1.82) is 0 Å². The molecule has 2 rings (SSSR count). The number of nitrogens with two attached hydrogens (primary N) is 1. The molecule has 0 bridgehead atoms. The second-order valence-corrected chi connectivity index (χ2v) is 6.30. The molecule has 0 aliphatic carbocycles. The number of likely N-dealkylation sites (N-methyl/N-ethyl adjacent to an activating group) is 1. The van der Waals surface area contributed by atoms with Gasteiger partial charge in [-0.3, -0.25) is 0 Å². The molecule has 2 unspecified atom stereocenters. The van der Waals surface area contributed by atoms with Crippen LogP contribution in [-0.4, -0.2) is 12.6 Å². The predicted octanol–water partition coefficient (Wildman–Crippen LogP) is 4.67. The Morgan fingerprint density at radius 1 is 1.14 bits per heavy atom. The van der Waals surface area contributed by atoms with E-state index >= 15 is 0 Å². The maximum absolute atomic E-state index is 6.33. The van der Waals surface area contributed by atoms with Crippen molar-refractivity contribution in [1.82, 2.24) is 0 Å². The molecule has 2 aromatic rings. The van der Waals surface area contributed by atoms with E-state index in [4.69, 9.17) is 5.73 Å². The minimum Gasteiger partial charge on any atom is -0.363 e. The fourth-order valence-electron chi connectivity index (χ4n) is 2.80. The van der Waals surface area contributed by atoms with Gasteiger partial charge in [0.15, 0.2) is 0 Å². The maximum Gasteiger partial charge on any atom is 0.0701 e. The predicted molar refractivity (Wildman–Crippen MR) is 94.7 cm³/mol. The van der Waals surface area contributed by atoms with E-state index in [2.05, 4.69) is 84.1 Å². The van der Waals surface area contributed by atoms with Gasteiger partial charge in [-0.2, -0.15) is 0 Å². The summed E-state index contributed by atoms with van der Waals surface area (Å²) >= 11 is 3.67. The SMILES string of the molecule is CCN(c1cccc(C)c1)C(c1ccccc1Br)C(C)N.